The SMILES string of the molecule is Cc1ccc(-c2ncc(CN3CC[C@@H](C(=O)N4CCC(O)(Cn5cnc6c(-c7ccccc7)noc6c5=O)CC4)[C@H](c4ccccc4)C3)s2)cn1. The molecule has 0 radical (unpaired) electrons. The molecule has 2 aromatic carbocycles. The third-order valence-corrected chi connectivity index (χ3v) is 11.3. The average Bonchev–Trinajstić information content (AvgIpc) is 3.82. The molecule has 1 amide bonds. The van der Waals surface area contributed by atoms with Crippen LogP contribution in [0.25, 0.3) is 32.9 Å². The smallest absolute Gasteiger partial charge is 0.300 e. The molecule has 12 heteroatoms. The van der Waals surface area contributed by atoms with E-state index in [1.54, 1.807) is 11.3 Å². The molecule has 2 aliphatic rings. The van der Waals surface area contributed by atoms with Gasteiger partial charge in [-0.2, -0.15) is 0 Å². The number of pyridine rings is 1. The Kier molecular flexibility index (Phi) is 9.05. The van der Waals surface area contributed by atoms with Gasteiger partial charge in [0.05, 0.1) is 18.5 Å². The van der Waals surface area contributed by atoms with Crippen molar-refractivity contribution in [1.29, 1.82) is 0 Å². The van der Waals surface area contributed by atoms with Crippen LogP contribution in [0, 0.1) is 12.8 Å². The van der Waals surface area contributed by atoms with Gasteiger partial charge < -0.3 is 14.5 Å². The minimum absolute atomic E-state index is 0.0426. The first-order chi connectivity index (χ1) is 24.8. The minimum atomic E-state index is -1.16. The van der Waals surface area contributed by atoms with Gasteiger partial charge in [-0.1, -0.05) is 65.8 Å². The van der Waals surface area contributed by atoms with E-state index in [0.717, 1.165) is 53.4 Å². The van der Waals surface area contributed by atoms with Gasteiger partial charge in [-0.15, -0.1) is 11.3 Å². The number of piperidine rings is 2. The van der Waals surface area contributed by atoms with Crippen LogP contribution < -0.4 is 5.56 Å². The lowest BCUT2D eigenvalue weighted by atomic mass is 9.79. The van der Waals surface area contributed by atoms with Gasteiger partial charge in [-0.25, -0.2) is 9.97 Å². The van der Waals surface area contributed by atoms with Gasteiger partial charge in [0, 0.05) is 72.1 Å². The van der Waals surface area contributed by atoms with Crippen molar-refractivity contribution in [2.45, 2.75) is 50.8 Å². The number of aliphatic hydroxyl groups is 1. The Hall–Kier alpha value is -5.04. The summed E-state index contributed by atoms with van der Waals surface area (Å²) in [7, 11) is 0. The van der Waals surface area contributed by atoms with E-state index >= 15 is 0 Å². The molecule has 2 saturated heterocycles. The summed E-state index contributed by atoms with van der Waals surface area (Å²) in [4.78, 5) is 46.7. The summed E-state index contributed by atoms with van der Waals surface area (Å²) < 4.78 is 6.83. The largest absolute Gasteiger partial charge is 0.388 e. The van der Waals surface area contributed by atoms with Crippen LogP contribution in [0.5, 0.6) is 0 Å². The average molecular weight is 702 g/mol. The second-order valence-corrected chi connectivity index (χ2v) is 14.9. The monoisotopic (exact) mass is 701 g/mol. The Balaban J connectivity index is 0.929. The number of carbonyl (C=O) groups is 1. The number of carbonyl (C=O) groups excluding carboxylic acids is 1. The zero-order chi connectivity index (χ0) is 35.0. The lowest BCUT2D eigenvalue weighted by Gasteiger charge is -2.43. The molecule has 0 saturated carbocycles. The predicted octanol–water partition coefficient (Wildman–Crippen LogP) is 5.54. The van der Waals surface area contributed by atoms with Crippen molar-refractivity contribution in [2.75, 3.05) is 26.2 Å². The Morgan fingerprint density at radius 3 is 2.45 bits per heavy atom. The highest BCUT2D eigenvalue weighted by Crippen LogP contribution is 2.37. The quantitative estimate of drug-likeness (QED) is 0.218. The number of hydrogen-bond acceptors (Lipinski definition) is 10. The number of aryl methyl sites for hydroxylation is 1. The Labute approximate surface area is 299 Å². The van der Waals surface area contributed by atoms with Crippen molar-refractivity contribution in [3.05, 3.63) is 118 Å². The van der Waals surface area contributed by atoms with E-state index in [0.29, 0.717) is 37.1 Å². The molecule has 8 rings (SSSR count). The number of thiazole rings is 1. The van der Waals surface area contributed by atoms with Crippen LogP contribution >= 0.6 is 11.3 Å². The van der Waals surface area contributed by atoms with E-state index in [1.165, 1.54) is 15.8 Å². The highest BCUT2D eigenvalue weighted by atomic mass is 32.1. The molecule has 11 nitrogen and oxygen atoms in total. The second kappa shape index (κ2) is 13.9. The van der Waals surface area contributed by atoms with Gasteiger partial charge in [0.1, 0.15) is 16.2 Å². The molecular formula is C39H39N7O4S. The van der Waals surface area contributed by atoms with Crippen molar-refractivity contribution in [3.8, 4) is 21.8 Å². The van der Waals surface area contributed by atoms with E-state index in [-0.39, 0.29) is 35.4 Å². The van der Waals surface area contributed by atoms with E-state index in [2.05, 4.69) is 43.2 Å². The summed E-state index contributed by atoms with van der Waals surface area (Å²) in [5.74, 6) is 0.0128. The van der Waals surface area contributed by atoms with Crippen LogP contribution in [0.4, 0.5) is 0 Å². The summed E-state index contributed by atoms with van der Waals surface area (Å²) in [5.41, 5.74) is 3.38. The number of rotatable bonds is 8. The number of benzene rings is 2. The Morgan fingerprint density at radius 1 is 0.941 bits per heavy atom. The lowest BCUT2D eigenvalue weighted by molar-refractivity contribution is -0.142. The fourth-order valence-corrected chi connectivity index (χ4v) is 8.38. The fraction of sp³-hybridized carbons (Fsp3) is 0.333. The predicted molar refractivity (Wildman–Crippen MR) is 195 cm³/mol. The maximum Gasteiger partial charge on any atom is 0.300 e. The van der Waals surface area contributed by atoms with Gasteiger partial charge in [-0.3, -0.25) is 24.0 Å². The summed E-state index contributed by atoms with van der Waals surface area (Å²) in [5, 5.41) is 16.7. The van der Waals surface area contributed by atoms with Crippen LogP contribution in [0.2, 0.25) is 0 Å². The third-order valence-electron chi connectivity index (χ3n) is 10.3. The molecule has 0 unspecified atom stereocenters. The van der Waals surface area contributed by atoms with Crippen molar-refractivity contribution in [3.63, 3.8) is 0 Å². The van der Waals surface area contributed by atoms with Gasteiger partial charge in [-0.05, 0) is 50.4 Å². The van der Waals surface area contributed by atoms with E-state index in [4.69, 9.17) is 4.52 Å². The summed E-state index contributed by atoms with van der Waals surface area (Å²) in [6.07, 6.45) is 6.74. The minimum Gasteiger partial charge on any atom is -0.388 e. The first-order valence-electron chi connectivity index (χ1n) is 17.4. The van der Waals surface area contributed by atoms with Gasteiger partial charge >= 0.3 is 0 Å². The fourth-order valence-electron chi connectivity index (χ4n) is 7.43. The standard InChI is InChI=1S/C39H39N7O4S/c1-26-12-13-29(20-40-26)36-41-21-30(51-36)22-44-17-14-31(32(23-44)27-8-4-2-5-9-27)37(47)45-18-15-39(49,16-19-45)24-46-25-42-34-33(28-10-6-3-7-11-28)43-50-35(34)38(46)48/h2-13,20-21,25,31-32,49H,14-19,22-24H2,1H3/t31-,32+/m1/s1. The molecule has 1 N–H and O–H groups in total. The van der Waals surface area contributed by atoms with Crippen molar-refractivity contribution in [2.24, 2.45) is 5.92 Å². The number of amides is 1. The first-order valence-corrected chi connectivity index (χ1v) is 18.2. The molecule has 0 aliphatic carbocycles. The maximum atomic E-state index is 14.2. The normalized spacial score (nSPS) is 19.4. The number of fused-ring (bicyclic) bond motifs is 1. The molecule has 2 aliphatic heterocycles. The van der Waals surface area contributed by atoms with Crippen LogP contribution in [0.3, 0.4) is 0 Å². The van der Waals surface area contributed by atoms with Gasteiger partial charge in [0.2, 0.25) is 5.91 Å². The lowest BCUT2D eigenvalue weighted by Crippen LogP contribution is -2.53. The second-order valence-electron chi connectivity index (χ2n) is 13.8. The third kappa shape index (κ3) is 6.86. The van der Waals surface area contributed by atoms with E-state index < -0.39 is 5.60 Å². The highest BCUT2D eigenvalue weighted by molar-refractivity contribution is 7.15. The molecular weight excluding hydrogens is 663 g/mol. The summed E-state index contributed by atoms with van der Waals surface area (Å²) in [6.45, 7) is 5.22. The van der Waals surface area contributed by atoms with Crippen molar-refractivity contribution in [1.82, 2.24) is 34.5 Å². The van der Waals surface area contributed by atoms with E-state index in [9.17, 15) is 14.7 Å². The molecule has 4 aromatic heterocycles. The van der Waals surface area contributed by atoms with Gasteiger partial charge in [0.25, 0.3) is 11.1 Å². The molecule has 6 aromatic rings. The van der Waals surface area contributed by atoms with Crippen LogP contribution in [0.1, 0.15) is 41.3 Å². The summed E-state index contributed by atoms with van der Waals surface area (Å²) >= 11 is 1.69. The molecule has 6 heterocycles. The van der Waals surface area contributed by atoms with Crippen LogP contribution in [-0.4, -0.2) is 77.3 Å². The molecule has 2 atom stereocenters. The number of nitrogens with zero attached hydrogens (tertiary/aromatic N) is 7. The van der Waals surface area contributed by atoms with Gasteiger partial charge in [0.15, 0.2) is 0 Å². The van der Waals surface area contributed by atoms with Crippen LogP contribution in [-0.2, 0) is 17.9 Å². The molecule has 0 spiro atoms. The highest BCUT2D eigenvalue weighted by Gasteiger charge is 2.41. The Morgan fingerprint density at radius 2 is 1.71 bits per heavy atom. The topological polar surface area (TPSA) is 130 Å². The zero-order valence-corrected chi connectivity index (χ0v) is 29.2. The van der Waals surface area contributed by atoms with Crippen molar-refractivity contribution >= 4 is 28.3 Å². The molecule has 0 bridgehead atoms. The Bertz CT molecular complexity index is 2190. The number of likely N-dealkylation sites (tertiary alicyclic amines) is 2. The first kappa shape index (κ1) is 33.1. The molecule has 260 valence electrons. The molecule has 51 heavy (non-hydrogen) atoms. The maximum absolute atomic E-state index is 14.2. The number of aromatic nitrogens is 5. The van der Waals surface area contributed by atoms with Crippen molar-refractivity contribution < 1.29 is 14.4 Å². The molecule has 2 fully saturated rings. The number of hydrogen-bond donors (Lipinski definition) is 1. The van der Waals surface area contributed by atoms with E-state index in [1.807, 2.05) is 78.8 Å². The van der Waals surface area contributed by atoms with Crippen LogP contribution in [0.15, 0.2) is 101 Å². The summed E-state index contributed by atoms with van der Waals surface area (Å²) in [6, 6.07) is 23.9. The zero-order valence-electron chi connectivity index (χ0n) is 28.4.